The Balaban J connectivity index is 2.27. The number of benzene rings is 1. The molecule has 0 heterocycles. The molecule has 0 unspecified atom stereocenters. The number of halogens is 1. The Bertz CT molecular complexity index is 474. The number of carboxylic acids is 1. The summed E-state index contributed by atoms with van der Waals surface area (Å²) in [7, 11) is 0. The summed E-state index contributed by atoms with van der Waals surface area (Å²) in [4.78, 5) is 11.8. The molecule has 1 fully saturated rings. The fourth-order valence-corrected chi connectivity index (χ4v) is 3.24. The smallest absolute Gasteiger partial charge is 0.309 e. The van der Waals surface area contributed by atoms with Crippen LogP contribution >= 0.6 is 0 Å². The van der Waals surface area contributed by atoms with Gasteiger partial charge in [0.2, 0.25) is 0 Å². The second-order valence-corrected chi connectivity index (χ2v) is 6.10. The zero-order chi connectivity index (χ0) is 14.6. The highest BCUT2D eigenvalue weighted by Crippen LogP contribution is 2.38. The van der Waals surface area contributed by atoms with Crippen LogP contribution in [0.3, 0.4) is 0 Å². The third-order valence-electron chi connectivity index (χ3n) is 4.60. The SMILES string of the molecule is Cc1ccc(F)cc1CC1(C(=O)O)CCCCCCC1. The van der Waals surface area contributed by atoms with Crippen molar-refractivity contribution >= 4 is 5.97 Å². The predicted octanol–water partition coefficient (Wildman–Crippen LogP) is 4.49. The van der Waals surface area contributed by atoms with Gasteiger partial charge in [0.05, 0.1) is 5.41 Å². The lowest BCUT2D eigenvalue weighted by molar-refractivity contribution is -0.150. The number of hydrogen-bond donors (Lipinski definition) is 1. The Morgan fingerprint density at radius 1 is 1.20 bits per heavy atom. The van der Waals surface area contributed by atoms with Crippen molar-refractivity contribution in [3.05, 3.63) is 35.1 Å². The summed E-state index contributed by atoms with van der Waals surface area (Å²) in [6.07, 6.45) is 7.20. The van der Waals surface area contributed by atoms with Crippen LogP contribution in [0.15, 0.2) is 18.2 Å². The van der Waals surface area contributed by atoms with Gasteiger partial charge in [-0.1, -0.05) is 38.2 Å². The number of carboxylic acid groups (broad SMARTS) is 1. The molecule has 2 nitrogen and oxygen atoms in total. The number of aliphatic carboxylic acids is 1. The standard InChI is InChI=1S/C17H23FO2/c1-13-7-8-15(18)11-14(13)12-17(16(19)20)9-5-3-2-4-6-10-17/h7-8,11H,2-6,9-10,12H2,1H3,(H,19,20). The van der Waals surface area contributed by atoms with Crippen molar-refractivity contribution < 1.29 is 14.3 Å². The molecule has 3 heteroatoms. The molecule has 1 saturated carbocycles. The summed E-state index contributed by atoms with van der Waals surface area (Å²) in [5.41, 5.74) is 1.11. The fraction of sp³-hybridized carbons (Fsp3) is 0.588. The van der Waals surface area contributed by atoms with Crippen molar-refractivity contribution in [2.45, 2.75) is 58.3 Å². The van der Waals surface area contributed by atoms with Crippen LogP contribution in [0.2, 0.25) is 0 Å². The summed E-state index contributed by atoms with van der Waals surface area (Å²) in [5.74, 6) is -1.000. The van der Waals surface area contributed by atoms with Gasteiger partial charge in [0.15, 0.2) is 0 Å². The molecule has 1 aliphatic carbocycles. The summed E-state index contributed by atoms with van der Waals surface area (Å²) >= 11 is 0. The third kappa shape index (κ3) is 3.38. The molecule has 0 saturated heterocycles. The minimum absolute atomic E-state index is 0.281. The number of carbonyl (C=O) groups is 1. The molecule has 1 aromatic rings. The van der Waals surface area contributed by atoms with Gasteiger partial charge in [-0.25, -0.2) is 4.39 Å². The molecule has 2 rings (SSSR count). The van der Waals surface area contributed by atoms with Crippen LogP contribution in [0.5, 0.6) is 0 Å². The molecule has 0 amide bonds. The molecule has 0 bridgehead atoms. The van der Waals surface area contributed by atoms with Crippen molar-refractivity contribution in [3.8, 4) is 0 Å². The molecule has 0 aromatic heterocycles. The van der Waals surface area contributed by atoms with E-state index in [9.17, 15) is 14.3 Å². The van der Waals surface area contributed by atoms with Crippen LogP contribution < -0.4 is 0 Å². The molecular weight excluding hydrogens is 255 g/mol. The zero-order valence-electron chi connectivity index (χ0n) is 12.1. The number of aryl methyl sites for hydroxylation is 1. The van der Waals surface area contributed by atoms with E-state index in [1.807, 2.05) is 6.92 Å². The maximum absolute atomic E-state index is 13.4. The van der Waals surface area contributed by atoms with E-state index in [1.54, 1.807) is 6.07 Å². The Hall–Kier alpha value is -1.38. The molecule has 0 atom stereocenters. The highest BCUT2D eigenvalue weighted by Gasteiger charge is 2.38. The fourth-order valence-electron chi connectivity index (χ4n) is 3.24. The lowest BCUT2D eigenvalue weighted by Crippen LogP contribution is -2.34. The first-order chi connectivity index (χ1) is 9.53. The Morgan fingerprint density at radius 3 is 2.40 bits per heavy atom. The van der Waals surface area contributed by atoms with Gasteiger partial charge >= 0.3 is 5.97 Å². The average Bonchev–Trinajstić information content (AvgIpc) is 2.36. The van der Waals surface area contributed by atoms with E-state index in [-0.39, 0.29) is 5.82 Å². The van der Waals surface area contributed by atoms with Gasteiger partial charge in [0.1, 0.15) is 5.82 Å². The second-order valence-electron chi connectivity index (χ2n) is 6.10. The topological polar surface area (TPSA) is 37.3 Å². The Morgan fingerprint density at radius 2 is 1.80 bits per heavy atom. The lowest BCUT2D eigenvalue weighted by Gasteiger charge is -2.32. The molecule has 0 spiro atoms. The molecule has 110 valence electrons. The van der Waals surface area contributed by atoms with Crippen molar-refractivity contribution in [3.63, 3.8) is 0 Å². The van der Waals surface area contributed by atoms with Gasteiger partial charge < -0.3 is 5.11 Å². The first-order valence-corrected chi connectivity index (χ1v) is 7.52. The quantitative estimate of drug-likeness (QED) is 0.884. The van der Waals surface area contributed by atoms with Crippen LogP contribution in [-0.2, 0) is 11.2 Å². The molecule has 0 radical (unpaired) electrons. The van der Waals surface area contributed by atoms with Gasteiger partial charge in [-0.2, -0.15) is 0 Å². The first-order valence-electron chi connectivity index (χ1n) is 7.52. The van der Waals surface area contributed by atoms with Crippen LogP contribution in [-0.4, -0.2) is 11.1 Å². The Kier molecular flexibility index (Phi) is 4.79. The van der Waals surface area contributed by atoms with Gasteiger partial charge in [0, 0.05) is 0 Å². The van der Waals surface area contributed by atoms with Crippen molar-refractivity contribution in [1.82, 2.24) is 0 Å². The van der Waals surface area contributed by atoms with E-state index in [1.165, 1.54) is 18.6 Å². The monoisotopic (exact) mass is 278 g/mol. The molecule has 1 aromatic carbocycles. The highest BCUT2D eigenvalue weighted by atomic mass is 19.1. The summed E-state index contributed by atoms with van der Waals surface area (Å²) in [5, 5.41) is 9.73. The van der Waals surface area contributed by atoms with Crippen molar-refractivity contribution in [1.29, 1.82) is 0 Å². The summed E-state index contributed by atoms with van der Waals surface area (Å²) < 4.78 is 13.4. The first kappa shape index (κ1) is 15.0. The van der Waals surface area contributed by atoms with E-state index in [4.69, 9.17) is 0 Å². The van der Waals surface area contributed by atoms with Crippen LogP contribution in [0.1, 0.15) is 56.1 Å². The molecule has 1 N–H and O–H groups in total. The molecule has 1 aliphatic rings. The van der Waals surface area contributed by atoms with Crippen LogP contribution in [0.25, 0.3) is 0 Å². The number of rotatable bonds is 3. The lowest BCUT2D eigenvalue weighted by atomic mass is 9.72. The van der Waals surface area contributed by atoms with Crippen LogP contribution in [0, 0.1) is 18.2 Å². The minimum Gasteiger partial charge on any atom is -0.481 e. The largest absolute Gasteiger partial charge is 0.481 e. The highest BCUT2D eigenvalue weighted by molar-refractivity contribution is 5.75. The minimum atomic E-state index is -0.719. The van der Waals surface area contributed by atoms with E-state index >= 15 is 0 Å². The maximum Gasteiger partial charge on any atom is 0.309 e. The molecular formula is C17H23FO2. The van der Waals surface area contributed by atoms with E-state index in [0.717, 1.165) is 36.8 Å². The van der Waals surface area contributed by atoms with Gasteiger partial charge in [-0.3, -0.25) is 4.79 Å². The predicted molar refractivity (Wildman–Crippen MR) is 77.2 cm³/mol. The molecule has 0 aliphatic heterocycles. The summed E-state index contributed by atoms with van der Waals surface area (Å²) in [6.45, 7) is 1.92. The average molecular weight is 278 g/mol. The van der Waals surface area contributed by atoms with Crippen LogP contribution in [0.4, 0.5) is 4.39 Å². The van der Waals surface area contributed by atoms with Crippen molar-refractivity contribution in [2.75, 3.05) is 0 Å². The van der Waals surface area contributed by atoms with E-state index in [0.29, 0.717) is 19.3 Å². The normalized spacial score (nSPS) is 19.1. The summed E-state index contributed by atoms with van der Waals surface area (Å²) in [6, 6.07) is 4.67. The number of hydrogen-bond acceptors (Lipinski definition) is 1. The maximum atomic E-state index is 13.4. The Labute approximate surface area is 120 Å². The van der Waals surface area contributed by atoms with Crippen molar-refractivity contribution in [2.24, 2.45) is 5.41 Å². The molecule has 20 heavy (non-hydrogen) atoms. The third-order valence-corrected chi connectivity index (χ3v) is 4.60. The second kappa shape index (κ2) is 6.38. The van der Waals surface area contributed by atoms with Gasteiger partial charge in [-0.05, 0) is 49.4 Å². The van der Waals surface area contributed by atoms with E-state index < -0.39 is 11.4 Å². The van der Waals surface area contributed by atoms with E-state index in [2.05, 4.69) is 0 Å². The van der Waals surface area contributed by atoms with Gasteiger partial charge in [-0.15, -0.1) is 0 Å². The zero-order valence-corrected chi connectivity index (χ0v) is 12.1. The van der Waals surface area contributed by atoms with Gasteiger partial charge in [0.25, 0.3) is 0 Å².